The van der Waals surface area contributed by atoms with Crippen molar-refractivity contribution in [3.05, 3.63) is 28.5 Å². The highest BCUT2D eigenvalue weighted by atomic mass is 32.1. The summed E-state index contributed by atoms with van der Waals surface area (Å²) in [6.07, 6.45) is -6.82. The Morgan fingerprint density at radius 2 is 1.87 bits per heavy atom. The Morgan fingerprint density at radius 3 is 2.44 bits per heavy atom. The van der Waals surface area contributed by atoms with Gasteiger partial charge in [-0.2, -0.15) is 26.3 Å². The number of hydrogen-bond acceptors (Lipinski definition) is 7. The largest absolute Gasteiger partial charge is 0.417 e. The number of anilines is 1. The van der Waals surface area contributed by atoms with Crippen molar-refractivity contribution in [1.82, 2.24) is 20.2 Å². The lowest BCUT2D eigenvalue weighted by atomic mass is 10.0. The minimum atomic E-state index is -5.04. The number of hydrogen-bond donors (Lipinski definition) is 3. The third-order valence-electron chi connectivity index (χ3n) is 6.08. The number of carbonyl (C=O) groups excluding carboxylic acids is 2. The van der Waals surface area contributed by atoms with E-state index in [1.54, 1.807) is 6.92 Å². The van der Waals surface area contributed by atoms with E-state index in [2.05, 4.69) is 15.3 Å². The van der Waals surface area contributed by atoms with Gasteiger partial charge in [-0.3, -0.25) is 9.59 Å². The topological polar surface area (TPSA) is 107 Å². The first kappa shape index (κ1) is 30.6. The van der Waals surface area contributed by atoms with Crippen LogP contribution in [0.5, 0.6) is 0 Å². The number of nitrogens with zero attached hydrogens (tertiary/aromatic N) is 3. The van der Waals surface area contributed by atoms with E-state index >= 15 is 0 Å². The molecule has 3 N–H and O–H groups in total. The summed E-state index contributed by atoms with van der Waals surface area (Å²) in [7, 11) is 0. The minimum absolute atomic E-state index is 0.194. The van der Waals surface area contributed by atoms with Gasteiger partial charge in [-0.25, -0.2) is 9.97 Å². The van der Waals surface area contributed by atoms with Crippen LogP contribution in [-0.4, -0.2) is 68.7 Å². The summed E-state index contributed by atoms with van der Waals surface area (Å²) in [6, 6.07) is -1.96. The maximum atomic E-state index is 14.2. The molecule has 0 saturated carbocycles. The Morgan fingerprint density at radius 1 is 1.21 bits per heavy atom. The summed E-state index contributed by atoms with van der Waals surface area (Å²) in [6.45, 7) is 5.56. The van der Waals surface area contributed by atoms with Crippen LogP contribution >= 0.6 is 11.3 Å². The first-order valence-corrected chi connectivity index (χ1v) is 12.9. The van der Waals surface area contributed by atoms with E-state index in [0.29, 0.717) is 36.8 Å². The van der Waals surface area contributed by atoms with Gasteiger partial charge in [-0.1, -0.05) is 0 Å². The molecule has 8 nitrogen and oxygen atoms in total. The van der Waals surface area contributed by atoms with Gasteiger partial charge >= 0.3 is 12.4 Å². The van der Waals surface area contributed by atoms with Crippen LogP contribution in [0, 0.1) is 0 Å². The van der Waals surface area contributed by atoms with Crippen molar-refractivity contribution in [2.24, 2.45) is 0 Å². The van der Waals surface area contributed by atoms with Crippen molar-refractivity contribution in [2.75, 3.05) is 18.4 Å². The molecule has 15 heteroatoms. The third-order valence-corrected chi connectivity index (χ3v) is 7.17. The lowest BCUT2D eigenvalue weighted by Gasteiger charge is -2.33. The number of aliphatic hydroxyl groups is 1. The van der Waals surface area contributed by atoms with Gasteiger partial charge < -0.3 is 20.6 Å². The number of nitrogens with one attached hydrogen (secondary N) is 2. The normalized spacial score (nSPS) is 17.6. The van der Waals surface area contributed by atoms with Crippen molar-refractivity contribution in [2.45, 2.75) is 77.0 Å². The molecule has 39 heavy (non-hydrogen) atoms. The van der Waals surface area contributed by atoms with Gasteiger partial charge in [0.2, 0.25) is 0 Å². The van der Waals surface area contributed by atoms with Crippen LogP contribution in [0.2, 0.25) is 0 Å². The fraction of sp³-hybridized carbons (Fsp3) is 0.583. The summed E-state index contributed by atoms with van der Waals surface area (Å²) in [5, 5.41) is 13.9. The highest BCUT2D eigenvalue weighted by molar-refractivity contribution is 7.17. The van der Waals surface area contributed by atoms with Crippen molar-refractivity contribution in [3.8, 4) is 10.4 Å². The summed E-state index contributed by atoms with van der Waals surface area (Å²) in [5.41, 5.74) is -3.62. The first-order chi connectivity index (χ1) is 17.9. The quantitative estimate of drug-likeness (QED) is 0.393. The number of aromatic nitrogens is 2. The predicted molar refractivity (Wildman–Crippen MR) is 132 cm³/mol. The van der Waals surface area contributed by atoms with Crippen LogP contribution in [-0.2, 0) is 6.18 Å². The third kappa shape index (κ3) is 7.59. The summed E-state index contributed by atoms with van der Waals surface area (Å²) >= 11 is 0.526. The van der Waals surface area contributed by atoms with E-state index in [4.69, 9.17) is 0 Å². The zero-order valence-electron chi connectivity index (χ0n) is 21.6. The Balaban J connectivity index is 2.13. The average molecular weight is 582 g/mol. The van der Waals surface area contributed by atoms with Crippen LogP contribution in [0.3, 0.4) is 0 Å². The van der Waals surface area contributed by atoms with E-state index in [1.807, 2.05) is 5.32 Å². The molecule has 1 aliphatic rings. The fourth-order valence-corrected chi connectivity index (χ4v) is 4.90. The van der Waals surface area contributed by atoms with Gasteiger partial charge in [0.15, 0.2) is 5.01 Å². The van der Waals surface area contributed by atoms with E-state index < -0.39 is 52.8 Å². The molecule has 1 saturated heterocycles. The molecule has 0 aliphatic carbocycles. The second-order valence-corrected chi connectivity index (χ2v) is 11.1. The molecule has 3 rings (SSSR count). The van der Waals surface area contributed by atoms with Gasteiger partial charge in [0.05, 0.1) is 16.0 Å². The molecule has 0 aromatic carbocycles. The zero-order valence-corrected chi connectivity index (χ0v) is 22.4. The average Bonchev–Trinajstić information content (AvgIpc) is 3.26. The van der Waals surface area contributed by atoms with E-state index in [-0.39, 0.29) is 28.2 Å². The standard InChI is InChI=1S/C24H29F6N5O3S/c1-12-7-5-6-8-35(12)21(37)17-18(39-20(34-17)19(36)32-11-22(3,4)38)14-10-31-16(9-15(14)24(28,29)30)33-13(2)23(25,26)27/h9-10,12-13,38H,5-8,11H2,1-4H3,(H,31,33)(H,32,36)/t12?,13-/m1/s1. The molecule has 1 aliphatic heterocycles. The molecule has 0 spiro atoms. The molecule has 1 unspecified atom stereocenters. The zero-order chi connectivity index (χ0) is 29.3. The highest BCUT2D eigenvalue weighted by Crippen LogP contribution is 2.42. The number of halogens is 6. The smallest absolute Gasteiger partial charge is 0.389 e. The number of carbonyl (C=O) groups is 2. The van der Waals surface area contributed by atoms with Crippen molar-refractivity contribution < 1.29 is 41.0 Å². The van der Waals surface area contributed by atoms with Gasteiger partial charge in [0.1, 0.15) is 17.6 Å². The van der Waals surface area contributed by atoms with Crippen molar-refractivity contribution >= 4 is 29.0 Å². The number of likely N-dealkylation sites (tertiary alicyclic amines) is 1. The highest BCUT2D eigenvalue weighted by Gasteiger charge is 2.40. The first-order valence-electron chi connectivity index (χ1n) is 12.1. The molecule has 0 radical (unpaired) electrons. The molecular formula is C24H29F6N5O3S. The van der Waals surface area contributed by atoms with Gasteiger partial charge in [-0.05, 0) is 53.0 Å². The van der Waals surface area contributed by atoms with Crippen LogP contribution in [0.25, 0.3) is 10.4 Å². The molecule has 2 amide bonds. The number of alkyl halides is 6. The van der Waals surface area contributed by atoms with Crippen molar-refractivity contribution in [3.63, 3.8) is 0 Å². The number of amides is 2. The van der Waals surface area contributed by atoms with E-state index in [1.165, 1.54) is 18.7 Å². The second-order valence-electron chi connectivity index (χ2n) is 10.1. The lowest BCUT2D eigenvalue weighted by molar-refractivity contribution is -0.138. The molecular weight excluding hydrogens is 552 g/mol. The number of rotatable bonds is 7. The molecule has 1 fully saturated rings. The van der Waals surface area contributed by atoms with Crippen LogP contribution < -0.4 is 10.6 Å². The molecule has 2 atom stereocenters. The van der Waals surface area contributed by atoms with Crippen molar-refractivity contribution in [1.29, 1.82) is 0 Å². The second kappa shape index (κ2) is 11.3. The summed E-state index contributed by atoms with van der Waals surface area (Å²) in [4.78, 5) is 35.3. The Hall–Kier alpha value is -2.94. The number of thiazole rings is 1. The van der Waals surface area contributed by atoms with Crippen LogP contribution in [0.15, 0.2) is 12.3 Å². The summed E-state index contributed by atoms with van der Waals surface area (Å²) < 4.78 is 81.4. The van der Waals surface area contributed by atoms with Crippen LogP contribution in [0.4, 0.5) is 32.2 Å². The van der Waals surface area contributed by atoms with Gasteiger partial charge in [0.25, 0.3) is 11.8 Å². The molecule has 2 aromatic rings. The lowest BCUT2D eigenvalue weighted by Crippen LogP contribution is -2.42. The molecule has 2 aromatic heterocycles. The summed E-state index contributed by atoms with van der Waals surface area (Å²) in [5.74, 6) is -2.15. The Labute approximate surface area is 224 Å². The monoisotopic (exact) mass is 581 g/mol. The van der Waals surface area contributed by atoms with Gasteiger partial charge in [0, 0.05) is 30.9 Å². The van der Waals surface area contributed by atoms with Crippen LogP contribution in [0.1, 0.15) is 72.8 Å². The van der Waals surface area contributed by atoms with E-state index in [0.717, 1.165) is 19.5 Å². The van der Waals surface area contributed by atoms with E-state index in [9.17, 15) is 41.0 Å². The molecule has 3 heterocycles. The predicted octanol–water partition coefficient (Wildman–Crippen LogP) is 5.10. The maximum absolute atomic E-state index is 14.2. The Bertz CT molecular complexity index is 1210. The SMILES string of the molecule is CC1CCCCN1C(=O)c1nc(C(=O)NCC(C)(C)O)sc1-c1cnc(N[C@H](C)C(F)(F)F)cc1C(F)(F)F. The molecule has 0 bridgehead atoms. The number of pyridine rings is 1. The minimum Gasteiger partial charge on any atom is -0.389 e. The Kier molecular flexibility index (Phi) is 8.85. The maximum Gasteiger partial charge on any atom is 0.417 e. The van der Waals surface area contributed by atoms with Gasteiger partial charge in [-0.15, -0.1) is 11.3 Å². The molecule has 216 valence electrons. The number of piperidine rings is 1. The fourth-order valence-electron chi connectivity index (χ4n) is 3.91.